The smallest absolute Gasteiger partial charge is 0.278 e. The number of nitrogens with zero attached hydrogens (tertiary/aromatic N) is 3. The van der Waals surface area contributed by atoms with Crippen LogP contribution >= 0.6 is 0 Å². The molecule has 0 fully saturated rings. The minimum absolute atomic E-state index is 0.0251. The highest BCUT2D eigenvalue weighted by atomic mass is 19.1. The monoisotopic (exact) mass is 246 g/mol. The molecule has 0 bridgehead atoms. The lowest BCUT2D eigenvalue weighted by Crippen LogP contribution is -2.10. The molecule has 0 unspecified atom stereocenters. The van der Waals surface area contributed by atoms with Crippen molar-refractivity contribution in [2.75, 3.05) is 5.73 Å². The Kier molecular flexibility index (Phi) is 2.09. The second-order valence-corrected chi connectivity index (χ2v) is 3.63. The topological polar surface area (TPSA) is 113 Å². The molecule has 0 spiro atoms. The van der Waals surface area contributed by atoms with Crippen molar-refractivity contribution in [3.63, 3.8) is 0 Å². The maximum Gasteiger partial charge on any atom is 0.278 e. The largest absolute Gasteiger partial charge is 0.369 e. The van der Waals surface area contributed by atoms with Crippen molar-refractivity contribution in [2.45, 2.75) is 0 Å². The zero-order valence-corrected chi connectivity index (χ0v) is 8.94. The Labute approximate surface area is 98.9 Å². The van der Waals surface area contributed by atoms with Crippen LogP contribution in [0, 0.1) is 5.82 Å². The number of pyridine rings is 1. The van der Waals surface area contributed by atoms with Crippen LogP contribution < -0.4 is 11.3 Å². The molecular formula is C10H7FN6O. The van der Waals surface area contributed by atoms with Crippen LogP contribution in [0.5, 0.6) is 0 Å². The molecule has 0 aromatic carbocycles. The third kappa shape index (κ3) is 1.59. The molecular weight excluding hydrogens is 239 g/mol. The molecule has 3 heterocycles. The molecule has 90 valence electrons. The van der Waals surface area contributed by atoms with Crippen molar-refractivity contribution in [2.24, 2.45) is 0 Å². The summed E-state index contributed by atoms with van der Waals surface area (Å²) in [4.78, 5) is 28.3. The van der Waals surface area contributed by atoms with Crippen LogP contribution in [0.15, 0.2) is 23.3 Å². The van der Waals surface area contributed by atoms with E-state index < -0.39 is 11.4 Å². The van der Waals surface area contributed by atoms with Gasteiger partial charge in [-0.25, -0.2) is 9.37 Å². The van der Waals surface area contributed by atoms with E-state index in [0.717, 1.165) is 6.20 Å². The van der Waals surface area contributed by atoms with E-state index in [2.05, 4.69) is 24.9 Å². The molecule has 18 heavy (non-hydrogen) atoms. The fourth-order valence-corrected chi connectivity index (χ4v) is 1.60. The van der Waals surface area contributed by atoms with Crippen molar-refractivity contribution < 1.29 is 4.39 Å². The summed E-state index contributed by atoms with van der Waals surface area (Å²) in [5, 5.41) is 0. The number of imidazole rings is 1. The van der Waals surface area contributed by atoms with E-state index in [1.807, 2.05) is 0 Å². The number of H-pyrrole nitrogens is 2. The number of rotatable bonds is 1. The van der Waals surface area contributed by atoms with E-state index in [9.17, 15) is 9.18 Å². The molecule has 7 nitrogen and oxygen atoms in total. The van der Waals surface area contributed by atoms with E-state index in [1.54, 1.807) is 0 Å². The summed E-state index contributed by atoms with van der Waals surface area (Å²) >= 11 is 0. The zero-order valence-electron chi connectivity index (χ0n) is 8.94. The molecule has 8 heteroatoms. The predicted molar refractivity (Wildman–Crippen MR) is 62.1 cm³/mol. The van der Waals surface area contributed by atoms with E-state index >= 15 is 0 Å². The lowest BCUT2D eigenvalue weighted by Gasteiger charge is -1.94. The maximum atomic E-state index is 13.0. The van der Waals surface area contributed by atoms with Crippen LogP contribution in [0.3, 0.4) is 0 Å². The summed E-state index contributed by atoms with van der Waals surface area (Å²) in [5.41, 5.74) is 5.76. The Hall–Kier alpha value is -2.77. The molecule has 0 aliphatic carbocycles. The Morgan fingerprint density at radius 3 is 2.83 bits per heavy atom. The summed E-state index contributed by atoms with van der Waals surface area (Å²) in [7, 11) is 0. The first-order chi connectivity index (χ1) is 8.63. The van der Waals surface area contributed by atoms with Gasteiger partial charge >= 0.3 is 0 Å². The predicted octanol–water partition coefficient (Wildman–Crippen LogP) is 0.429. The van der Waals surface area contributed by atoms with Gasteiger partial charge in [0, 0.05) is 11.8 Å². The van der Waals surface area contributed by atoms with E-state index in [-0.39, 0.29) is 17.1 Å². The van der Waals surface area contributed by atoms with E-state index in [1.165, 1.54) is 12.3 Å². The normalized spacial score (nSPS) is 10.9. The van der Waals surface area contributed by atoms with E-state index in [4.69, 9.17) is 5.73 Å². The Morgan fingerprint density at radius 2 is 2.06 bits per heavy atom. The molecule has 0 saturated heterocycles. The van der Waals surface area contributed by atoms with Crippen LogP contribution in [-0.4, -0.2) is 24.9 Å². The molecule has 4 N–H and O–H groups in total. The van der Waals surface area contributed by atoms with Crippen molar-refractivity contribution in [1.29, 1.82) is 0 Å². The number of aromatic amines is 2. The number of nitrogens with one attached hydrogen (secondary N) is 2. The number of fused-ring (bicyclic) bond motifs is 1. The molecule has 3 aromatic heterocycles. The van der Waals surface area contributed by atoms with Crippen LogP contribution in [0.4, 0.5) is 10.3 Å². The summed E-state index contributed by atoms with van der Waals surface area (Å²) in [6.07, 6.45) is 2.51. The van der Waals surface area contributed by atoms with Gasteiger partial charge in [-0.2, -0.15) is 4.98 Å². The van der Waals surface area contributed by atoms with Gasteiger partial charge in [-0.15, -0.1) is 0 Å². The number of anilines is 1. The average molecular weight is 246 g/mol. The maximum absolute atomic E-state index is 13.0. The van der Waals surface area contributed by atoms with Gasteiger partial charge in [-0.1, -0.05) is 0 Å². The summed E-state index contributed by atoms with van der Waals surface area (Å²) in [5.74, 6) is -0.210. The second kappa shape index (κ2) is 3.62. The second-order valence-electron chi connectivity index (χ2n) is 3.63. The first-order valence-electron chi connectivity index (χ1n) is 5.00. The Balaban J connectivity index is 2.26. The summed E-state index contributed by atoms with van der Waals surface area (Å²) in [6.45, 7) is 0. The summed E-state index contributed by atoms with van der Waals surface area (Å²) in [6, 6.07) is 1.25. The number of halogens is 1. The first-order valence-corrected chi connectivity index (χ1v) is 5.00. The van der Waals surface area contributed by atoms with Crippen LogP contribution in [0.2, 0.25) is 0 Å². The van der Waals surface area contributed by atoms with Crippen LogP contribution in [-0.2, 0) is 0 Å². The molecule has 0 amide bonds. The van der Waals surface area contributed by atoms with Gasteiger partial charge in [-0.05, 0) is 6.07 Å². The number of hydrogen-bond acceptors (Lipinski definition) is 5. The zero-order chi connectivity index (χ0) is 12.7. The summed E-state index contributed by atoms with van der Waals surface area (Å²) < 4.78 is 13.0. The molecule has 0 atom stereocenters. The first kappa shape index (κ1) is 10.4. The fourth-order valence-electron chi connectivity index (χ4n) is 1.60. The van der Waals surface area contributed by atoms with E-state index in [0.29, 0.717) is 11.4 Å². The quantitative estimate of drug-likeness (QED) is 0.576. The molecule has 0 aliphatic heterocycles. The van der Waals surface area contributed by atoms with Gasteiger partial charge in [0.25, 0.3) is 5.56 Å². The standard InChI is InChI=1S/C10H7FN6O/c11-5-1-4(2-13-3-5)7-14-6-8(15-7)16-10(12)17-9(6)18/h1-3H,(H4,12,14,15,16,17,18). The minimum atomic E-state index is -0.491. The van der Waals surface area contributed by atoms with Gasteiger partial charge in [0.15, 0.2) is 11.2 Å². The highest BCUT2D eigenvalue weighted by molar-refractivity contribution is 5.75. The number of aromatic nitrogens is 5. The lowest BCUT2D eigenvalue weighted by atomic mass is 10.3. The molecule has 3 aromatic rings. The van der Waals surface area contributed by atoms with Gasteiger partial charge in [0.05, 0.1) is 6.20 Å². The molecule has 3 rings (SSSR count). The van der Waals surface area contributed by atoms with Crippen molar-refractivity contribution >= 4 is 17.1 Å². The average Bonchev–Trinajstić information content (AvgIpc) is 2.73. The molecule has 0 aliphatic rings. The number of nitrogens with two attached hydrogens (primary N) is 1. The van der Waals surface area contributed by atoms with Gasteiger partial charge in [-0.3, -0.25) is 14.8 Å². The third-order valence-electron chi connectivity index (χ3n) is 2.36. The number of nitrogen functional groups attached to an aromatic ring is 1. The van der Waals surface area contributed by atoms with Gasteiger partial charge in [0.1, 0.15) is 11.6 Å². The highest BCUT2D eigenvalue weighted by Crippen LogP contribution is 2.17. The van der Waals surface area contributed by atoms with Crippen LogP contribution in [0.1, 0.15) is 0 Å². The van der Waals surface area contributed by atoms with Crippen molar-refractivity contribution in [1.82, 2.24) is 24.9 Å². The van der Waals surface area contributed by atoms with Gasteiger partial charge in [0.2, 0.25) is 5.95 Å². The molecule has 0 radical (unpaired) electrons. The fraction of sp³-hybridized carbons (Fsp3) is 0. The number of hydrogen-bond donors (Lipinski definition) is 3. The van der Waals surface area contributed by atoms with Gasteiger partial charge < -0.3 is 10.7 Å². The van der Waals surface area contributed by atoms with Crippen LogP contribution in [0.25, 0.3) is 22.6 Å². The minimum Gasteiger partial charge on any atom is -0.369 e. The SMILES string of the molecule is Nc1nc2nc(-c3cncc(F)c3)[nH]c2c(=O)[nH]1. The Morgan fingerprint density at radius 1 is 1.22 bits per heavy atom. The molecule has 0 saturated carbocycles. The Bertz CT molecular complexity index is 792. The highest BCUT2D eigenvalue weighted by Gasteiger charge is 2.10. The lowest BCUT2D eigenvalue weighted by molar-refractivity contribution is 0.622. The van der Waals surface area contributed by atoms with Crippen molar-refractivity contribution in [3.05, 3.63) is 34.6 Å². The van der Waals surface area contributed by atoms with Crippen molar-refractivity contribution in [3.8, 4) is 11.4 Å². The third-order valence-corrected chi connectivity index (χ3v) is 2.36.